The lowest BCUT2D eigenvalue weighted by atomic mass is 10.2. The number of aromatic amines is 1. The highest BCUT2D eigenvalue weighted by Gasteiger charge is 2.15. The number of nitrogens with zero attached hydrogens (tertiary/aromatic N) is 2. The molecule has 6 heteroatoms. The van der Waals surface area contributed by atoms with Crippen LogP contribution in [0.1, 0.15) is 21.1 Å². The van der Waals surface area contributed by atoms with Crippen molar-refractivity contribution < 1.29 is 4.79 Å². The van der Waals surface area contributed by atoms with Gasteiger partial charge in [0.1, 0.15) is 5.56 Å². The molecular formula is C12H13N3O2S. The Hall–Kier alpha value is -1.95. The molecule has 0 radical (unpaired) electrons. The zero-order chi connectivity index (χ0) is 13.1. The van der Waals surface area contributed by atoms with E-state index >= 15 is 0 Å². The average Bonchev–Trinajstić information content (AvgIpc) is 2.74. The van der Waals surface area contributed by atoms with Gasteiger partial charge in [0.2, 0.25) is 0 Å². The molecule has 2 rings (SSSR count). The molecule has 1 N–H and O–H groups in total. The third-order valence-corrected chi connectivity index (χ3v) is 3.28. The summed E-state index contributed by atoms with van der Waals surface area (Å²) < 4.78 is 0. The minimum Gasteiger partial charge on any atom is -0.336 e. The van der Waals surface area contributed by atoms with Gasteiger partial charge in [0, 0.05) is 18.6 Å². The molecule has 2 aromatic heterocycles. The van der Waals surface area contributed by atoms with Crippen LogP contribution in [-0.2, 0) is 6.54 Å². The Morgan fingerprint density at radius 1 is 1.56 bits per heavy atom. The SMILES string of the molecule is Cc1nc(CN(C)C(=O)c2ccc[nH]c2=O)cs1. The van der Waals surface area contributed by atoms with E-state index in [2.05, 4.69) is 9.97 Å². The monoisotopic (exact) mass is 263 g/mol. The molecule has 0 aliphatic carbocycles. The first-order valence-corrected chi connectivity index (χ1v) is 6.30. The molecule has 0 saturated heterocycles. The van der Waals surface area contributed by atoms with Gasteiger partial charge in [-0.25, -0.2) is 4.98 Å². The molecule has 2 aromatic rings. The number of aromatic nitrogens is 2. The van der Waals surface area contributed by atoms with E-state index in [1.807, 2.05) is 12.3 Å². The van der Waals surface area contributed by atoms with E-state index in [0.29, 0.717) is 6.54 Å². The van der Waals surface area contributed by atoms with Crippen LogP contribution < -0.4 is 5.56 Å². The maximum absolute atomic E-state index is 12.1. The minimum absolute atomic E-state index is 0.145. The van der Waals surface area contributed by atoms with Crippen molar-refractivity contribution in [2.24, 2.45) is 0 Å². The van der Waals surface area contributed by atoms with E-state index in [-0.39, 0.29) is 17.0 Å². The number of carbonyl (C=O) groups is 1. The average molecular weight is 263 g/mol. The predicted molar refractivity (Wildman–Crippen MR) is 69.7 cm³/mol. The number of hydrogen-bond donors (Lipinski definition) is 1. The van der Waals surface area contributed by atoms with Crippen molar-refractivity contribution in [3.8, 4) is 0 Å². The molecule has 0 aliphatic heterocycles. The number of carbonyl (C=O) groups excluding carboxylic acids is 1. The van der Waals surface area contributed by atoms with Gasteiger partial charge in [0.05, 0.1) is 17.2 Å². The van der Waals surface area contributed by atoms with Crippen LogP contribution in [0.3, 0.4) is 0 Å². The van der Waals surface area contributed by atoms with E-state index in [0.717, 1.165) is 10.7 Å². The summed E-state index contributed by atoms with van der Waals surface area (Å²) in [5.41, 5.74) is 0.608. The number of H-pyrrole nitrogens is 1. The Bertz CT molecular complexity index is 618. The fraction of sp³-hybridized carbons (Fsp3) is 0.250. The maximum Gasteiger partial charge on any atom is 0.260 e. The van der Waals surface area contributed by atoms with Gasteiger partial charge in [0.25, 0.3) is 11.5 Å². The molecule has 0 atom stereocenters. The first-order chi connectivity index (χ1) is 8.58. The highest BCUT2D eigenvalue weighted by atomic mass is 32.1. The summed E-state index contributed by atoms with van der Waals surface area (Å²) >= 11 is 1.54. The van der Waals surface area contributed by atoms with Crippen LogP contribution >= 0.6 is 11.3 Å². The van der Waals surface area contributed by atoms with Crippen molar-refractivity contribution in [2.75, 3.05) is 7.05 Å². The highest BCUT2D eigenvalue weighted by Crippen LogP contribution is 2.10. The van der Waals surface area contributed by atoms with Crippen LogP contribution in [-0.4, -0.2) is 27.8 Å². The fourth-order valence-corrected chi connectivity index (χ4v) is 2.20. The summed E-state index contributed by atoms with van der Waals surface area (Å²) in [7, 11) is 1.66. The van der Waals surface area contributed by atoms with Crippen LogP contribution in [0.15, 0.2) is 28.5 Å². The van der Waals surface area contributed by atoms with Gasteiger partial charge in [0.15, 0.2) is 0 Å². The Morgan fingerprint density at radius 2 is 2.33 bits per heavy atom. The van der Waals surface area contributed by atoms with Gasteiger partial charge in [-0.2, -0.15) is 0 Å². The maximum atomic E-state index is 12.1. The lowest BCUT2D eigenvalue weighted by Gasteiger charge is -2.15. The summed E-state index contributed by atoms with van der Waals surface area (Å²) in [5, 5.41) is 2.87. The molecule has 0 spiro atoms. The molecule has 0 unspecified atom stereocenters. The van der Waals surface area contributed by atoms with Gasteiger partial charge < -0.3 is 9.88 Å². The van der Waals surface area contributed by atoms with E-state index < -0.39 is 0 Å². The zero-order valence-electron chi connectivity index (χ0n) is 10.1. The standard InChI is InChI=1S/C12H13N3O2S/c1-8-14-9(7-18-8)6-15(2)12(17)10-4-3-5-13-11(10)16/h3-5,7H,6H2,1-2H3,(H,13,16). The van der Waals surface area contributed by atoms with Gasteiger partial charge in [-0.3, -0.25) is 9.59 Å². The van der Waals surface area contributed by atoms with Crippen LogP contribution in [0.5, 0.6) is 0 Å². The van der Waals surface area contributed by atoms with E-state index in [9.17, 15) is 9.59 Å². The number of aryl methyl sites for hydroxylation is 1. The fourth-order valence-electron chi connectivity index (χ4n) is 1.59. The Balaban J connectivity index is 2.15. The zero-order valence-corrected chi connectivity index (χ0v) is 11.0. The van der Waals surface area contributed by atoms with Gasteiger partial charge >= 0.3 is 0 Å². The third kappa shape index (κ3) is 2.65. The molecule has 18 heavy (non-hydrogen) atoms. The number of rotatable bonds is 3. The summed E-state index contributed by atoms with van der Waals surface area (Å²) in [5.74, 6) is -0.303. The van der Waals surface area contributed by atoms with Crippen LogP contribution in [0.25, 0.3) is 0 Å². The van der Waals surface area contributed by atoms with E-state index in [4.69, 9.17) is 0 Å². The predicted octanol–water partition coefficient (Wildman–Crippen LogP) is 1.41. The Labute approximate surface area is 108 Å². The number of amides is 1. The number of thiazole rings is 1. The van der Waals surface area contributed by atoms with Crippen LogP contribution in [0.4, 0.5) is 0 Å². The van der Waals surface area contributed by atoms with Crippen molar-refractivity contribution in [3.05, 3.63) is 50.3 Å². The number of nitrogens with one attached hydrogen (secondary N) is 1. The summed E-state index contributed by atoms with van der Waals surface area (Å²) in [6, 6.07) is 3.15. The van der Waals surface area contributed by atoms with Crippen LogP contribution in [0, 0.1) is 6.92 Å². The molecule has 0 fully saturated rings. The first kappa shape index (κ1) is 12.5. The largest absolute Gasteiger partial charge is 0.336 e. The quantitative estimate of drug-likeness (QED) is 0.910. The van der Waals surface area contributed by atoms with Gasteiger partial charge in [-0.05, 0) is 19.1 Å². The second-order valence-corrected chi connectivity index (χ2v) is 4.99. The second kappa shape index (κ2) is 5.14. The molecule has 0 bridgehead atoms. The number of pyridine rings is 1. The molecule has 0 saturated carbocycles. The summed E-state index contributed by atoms with van der Waals surface area (Å²) in [6.07, 6.45) is 1.50. The molecule has 0 aliphatic rings. The Morgan fingerprint density at radius 3 is 2.94 bits per heavy atom. The summed E-state index contributed by atoms with van der Waals surface area (Å²) in [4.78, 5) is 31.8. The molecule has 94 valence electrons. The van der Waals surface area contributed by atoms with Crippen LogP contribution in [0.2, 0.25) is 0 Å². The second-order valence-electron chi connectivity index (χ2n) is 3.93. The van der Waals surface area contributed by atoms with E-state index in [1.54, 1.807) is 24.5 Å². The van der Waals surface area contributed by atoms with Gasteiger partial charge in [-0.15, -0.1) is 11.3 Å². The Kier molecular flexibility index (Phi) is 3.57. The molecular weight excluding hydrogens is 250 g/mol. The number of hydrogen-bond acceptors (Lipinski definition) is 4. The normalized spacial score (nSPS) is 10.3. The molecule has 5 nitrogen and oxygen atoms in total. The minimum atomic E-state index is -0.371. The van der Waals surface area contributed by atoms with E-state index in [1.165, 1.54) is 17.2 Å². The lowest BCUT2D eigenvalue weighted by Crippen LogP contribution is -2.31. The van der Waals surface area contributed by atoms with Crippen molar-refractivity contribution in [3.63, 3.8) is 0 Å². The summed E-state index contributed by atoms with van der Waals surface area (Å²) in [6.45, 7) is 2.31. The molecule has 0 aromatic carbocycles. The van der Waals surface area contributed by atoms with Crippen molar-refractivity contribution in [2.45, 2.75) is 13.5 Å². The van der Waals surface area contributed by atoms with Gasteiger partial charge in [-0.1, -0.05) is 0 Å². The molecule has 1 amide bonds. The molecule has 2 heterocycles. The van der Waals surface area contributed by atoms with Crippen molar-refractivity contribution >= 4 is 17.2 Å². The lowest BCUT2D eigenvalue weighted by molar-refractivity contribution is 0.0782. The van der Waals surface area contributed by atoms with Crippen molar-refractivity contribution in [1.29, 1.82) is 0 Å². The van der Waals surface area contributed by atoms with Crippen molar-refractivity contribution in [1.82, 2.24) is 14.9 Å². The smallest absolute Gasteiger partial charge is 0.260 e. The topological polar surface area (TPSA) is 66.1 Å². The first-order valence-electron chi connectivity index (χ1n) is 5.42. The third-order valence-electron chi connectivity index (χ3n) is 2.46. The highest BCUT2D eigenvalue weighted by molar-refractivity contribution is 7.09.